The molecule has 0 aliphatic rings. The number of amides is 2. The summed E-state index contributed by atoms with van der Waals surface area (Å²) in [7, 11) is -3.98. The van der Waals surface area contributed by atoms with Crippen LogP contribution < -0.4 is 15.4 Å². The Balaban J connectivity index is 2.26. The monoisotopic (exact) mass is 415 g/mol. The van der Waals surface area contributed by atoms with E-state index < -0.39 is 40.1 Å². The first-order valence-electron chi connectivity index (χ1n) is 7.73. The molecule has 0 aliphatic carbocycles. The molecule has 0 saturated carbocycles. The molecule has 0 fully saturated rings. The maximum Gasteiger partial charge on any atom is 0.416 e. The maximum absolute atomic E-state index is 12.7. The molecule has 2 rings (SSSR count). The van der Waals surface area contributed by atoms with Crippen molar-refractivity contribution in [2.24, 2.45) is 5.73 Å². The zero-order valence-corrected chi connectivity index (χ0v) is 15.3. The zero-order chi connectivity index (χ0) is 21.1. The molecular weight excluding hydrogens is 399 g/mol. The van der Waals surface area contributed by atoms with E-state index in [0.717, 1.165) is 18.4 Å². The number of halogens is 3. The van der Waals surface area contributed by atoms with Crippen LogP contribution in [0.4, 0.5) is 24.5 Å². The Hall–Kier alpha value is -3.08. The smallest absolute Gasteiger partial charge is 0.366 e. The number of sulfonamides is 1. The van der Waals surface area contributed by atoms with E-state index in [1.807, 2.05) is 0 Å². The Bertz CT molecular complexity index is 989. The number of alkyl halides is 3. The van der Waals surface area contributed by atoms with Gasteiger partial charge in [0.15, 0.2) is 0 Å². The van der Waals surface area contributed by atoms with Gasteiger partial charge in [0.2, 0.25) is 15.9 Å². The topological polar surface area (TPSA) is 110 Å². The van der Waals surface area contributed by atoms with Gasteiger partial charge in [0.05, 0.1) is 28.8 Å². The lowest BCUT2D eigenvalue weighted by molar-refractivity contribution is -0.137. The van der Waals surface area contributed by atoms with Crippen molar-refractivity contribution < 1.29 is 31.2 Å². The molecule has 0 bridgehead atoms. The minimum Gasteiger partial charge on any atom is -0.366 e. The molecular formula is C17H16F3N3O4S. The number of rotatable bonds is 6. The second kappa shape index (κ2) is 7.89. The zero-order valence-electron chi connectivity index (χ0n) is 14.5. The van der Waals surface area contributed by atoms with Gasteiger partial charge in [-0.3, -0.25) is 13.9 Å². The number of nitrogens with zero attached hydrogens (tertiary/aromatic N) is 1. The first kappa shape index (κ1) is 21.2. The largest absolute Gasteiger partial charge is 0.416 e. The summed E-state index contributed by atoms with van der Waals surface area (Å²) in [5.74, 6) is -1.60. The molecule has 150 valence electrons. The molecule has 28 heavy (non-hydrogen) atoms. The fourth-order valence-electron chi connectivity index (χ4n) is 2.34. The molecule has 0 heterocycles. The van der Waals surface area contributed by atoms with Gasteiger partial charge in [-0.1, -0.05) is 12.1 Å². The third kappa shape index (κ3) is 5.22. The molecule has 11 heteroatoms. The summed E-state index contributed by atoms with van der Waals surface area (Å²) in [4.78, 5) is 23.7. The van der Waals surface area contributed by atoms with Crippen molar-refractivity contribution in [2.75, 3.05) is 22.4 Å². The van der Waals surface area contributed by atoms with Crippen LogP contribution in [0.15, 0.2) is 48.5 Å². The molecule has 0 aliphatic heterocycles. The van der Waals surface area contributed by atoms with Gasteiger partial charge >= 0.3 is 6.18 Å². The minimum absolute atomic E-state index is 0.0243. The van der Waals surface area contributed by atoms with Crippen molar-refractivity contribution in [1.29, 1.82) is 0 Å². The van der Waals surface area contributed by atoms with E-state index in [2.05, 4.69) is 5.32 Å². The minimum atomic E-state index is -4.58. The highest BCUT2D eigenvalue weighted by Crippen LogP contribution is 2.31. The Kier molecular flexibility index (Phi) is 5.98. The normalized spacial score (nSPS) is 11.7. The van der Waals surface area contributed by atoms with Crippen LogP contribution in [-0.4, -0.2) is 33.0 Å². The van der Waals surface area contributed by atoms with Crippen LogP contribution in [0.25, 0.3) is 0 Å². The predicted molar refractivity (Wildman–Crippen MR) is 97.2 cm³/mol. The highest BCUT2D eigenvalue weighted by atomic mass is 32.2. The first-order chi connectivity index (χ1) is 12.9. The number of para-hydroxylation sites is 1. The molecule has 2 aromatic rings. The lowest BCUT2D eigenvalue weighted by Crippen LogP contribution is -2.37. The van der Waals surface area contributed by atoms with Crippen molar-refractivity contribution in [3.05, 3.63) is 59.7 Å². The Labute approximate surface area is 159 Å². The fourth-order valence-corrected chi connectivity index (χ4v) is 3.20. The lowest BCUT2D eigenvalue weighted by Gasteiger charge is -2.22. The number of hydrogen-bond donors (Lipinski definition) is 2. The summed E-state index contributed by atoms with van der Waals surface area (Å²) in [6.07, 6.45) is -3.76. The van der Waals surface area contributed by atoms with E-state index in [9.17, 15) is 31.2 Å². The van der Waals surface area contributed by atoms with Gasteiger partial charge in [0.1, 0.15) is 6.54 Å². The molecule has 0 aromatic heterocycles. The van der Waals surface area contributed by atoms with E-state index >= 15 is 0 Å². The third-order valence-electron chi connectivity index (χ3n) is 3.64. The van der Waals surface area contributed by atoms with Crippen LogP contribution in [0.1, 0.15) is 15.9 Å². The predicted octanol–water partition coefficient (Wildman–Crippen LogP) is 2.21. The standard InChI is InChI=1S/C17H16F3N3O4S/c1-28(26,27)23(12-8-6-11(7-9-12)17(18,19)20)10-15(24)22-14-5-3-2-4-13(14)16(21)25/h2-9H,10H2,1H3,(H2,21,25)(H,22,24). The maximum atomic E-state index is 12.7. The van der Waals surface area contributed by atoms with Crippen LogP contribution in [0.5, 0.6) is 0 Å². The van der Waals surface area contributed by atoms with Crippen LogP contribution in [0.2, 0.25) is 0 Å². The van der Waals surface area contributed by atoms with E-state index in [-0.39, 0.29) is 16.9 Å². The van der Waals surface area contributed by atoms with E-state index in [0.29, 0.717) is 16.4 Å². The molecule has 0 atom stereocenters. The number of carbonyl (C=O) groups is 2. The fraction of sp³-hybridized carbons (Fsp3) is 0.176. The Morgan fingerprint density at radius 1 is 1.07 bits per heavy atom. The van der Waals surface area contributed by atoms with Gasteiger partial charge in [-0.2, -0.15) is 13.2 Å². The van der Waals surface area contributed by atoms with Crippen LogP contribution in [0.3, 0.4) is 0 Å². The van der Waals surface area contributed by atoms with Crippen LogP contribution in [-0.2, 0) is 21.0 Å². The quantitative estimate of drug-likeness (QED) is 0.754. The Morgan fingerprint density at radius 3 is 2.14 bits per heavy atom. The number of hydrogen-bond acceptors (Lipinski definition) is 4. The highest BCUT2D eigenvalue weighted by Gasteiger charge is 2.31. The van der Waals surface area contributed by atoms with Crippen molar-refractivity contribution in [3.8, 4) is 0 Å². The third-order valence-corrected chi connectivity index (χ3v) is 4.78. The summed E-state index contributed by atoms with van der Waals surface area (Å²) < 4.78 is 62.7. The number of primary amides is 1. The van der Waals surface area contributed by atoms with Gasteiger partial charge in [0, 0.05) is 0 Å². The lowest BCUT2D eigenvalue weighted by atomic mass is 10.1. The van der Waals surface area contributed by atoms with E-state index in [1.165, 1.54) is 24.3 Å². The number of carbonyl (C=O) groups excluding carboxylic acids is 2. The Morgan fingerprint density at radius 2 is 1.64 bits per heavy atom. The average Bonchev–Trinajstić information content (AvgIpc) is 2.58. The number of nitrogens with one attached hydrogen (secondary N) is 1. The summed E-state index contributed by atoms with van der Waals surface area (Å²) in [6.45, 7) is -0.711. The van der Waals surface area contributed by atoms with Gasteiger partial charge in [-0.25, -0.2) is 8.42 Å². The van der Waals surface area contributed by atoms with Crippen molar-refractivity contribution in [3.63, 3.8) is 0 Å². The summed E-state index contributed by atoms with van der Waals surface area (Å²) in [5.41, 5.74) is 4.25. The summed E-state index contributed by atoms with van der Waals surface area (Å²) in [6, 6.07) is 9.18. The molecule has 0 unspecified atom stereocenters. The molecule has 3 N–H and O–H groups in total. The average molecular weight is 415 g/mol. The van der Waals surface area contributed by atoms with Crippen molar-refractivity contribution in [1.82, 2.24) is 0 Å². The van der Waals surface area contributed by atoms with Gasteiger partial charge in [-0.15, -0.1) is 0 Å². The van der Waals surface area contributed by atoms with E-state index in [4.69, 9.17) is 5.73 Å². The number of benzene rings is 2. The number of anilines is 2. The van der Waals surface area contributed by atoms with Crippen LogP contribution in [0, 0.1) is 0 Å². The molecule has 7 nitrogen and oxygen atoms in total. The number of nitrogens with two attached hydrogens (primary N) is 1. The van der Waals surface area contributed by atoms with Gasteiger partial charge in [-0.05, 0) is 36.4 Å². The second-order valence-electron chi connectivity index (χ2n) is 5.77. The first-order valence-corrected chi connectivity index (χ1v) is 9.58. The molecule has 0 radical (unpaired) electrons. The molecule has 0 saturated heterocycles. The van der Waals surface area contributed by atoms with Crippen molar-refractivity contribution in [2.45, 2.75) is 6.18 Å². The van der Waals surface area contributed by atoms with Crippen LogP contribution >= 0.6 is 0 Å². The summed E-state index contributed by atoms with van der Waals surface area (Å²) >= 11 is 0. The van der Waals surface area contributed by atoms with E-state index in [1.54, 1.807) is 0 Å². The second-order valence-corrected chi connectivity index (χ2v) is 7.68. The molecule has 2 amide bonds. The van der Waals surface area contributed by atoms with Gasteiger partial charge in [0.25, 0.3) is 5.91 Å². The SMILES string of the molecule is CS(=O)(=O)N(CC(=O)Nc1ccccc1C(N)=O)c1ccc(C(F)(F)F)cc1. The highest BCUT2D eigenvalue weighted by molar-refractivity contribution is 7.92. The summed E-state index contributed by atoms with van der Waals surface area (Å²) in [5, 5.41) is 2.37. The molecule has 2 aromatic carbocycles. The van der Waals surface area contributed by atoms with Gasteiger partial charge < -0.3 is 11.1 Å². The van der Waals surface area contributed by atoms with Crippen molar-refractivity contribution >= 4 is 33.2 Å². The molecule has 0 spiro atoms.